The van der Waals surface area contributed by atoms with Gasteiger partial charge in [-0.05, 0) is 43.9 Å². The maximum atomic E-state index is 13.1. The zero-order chi connectivity index (χ0) is 20.6. The van der Waals surface area contributed by atoms with Crippen molar-refractivity contribution in [3.05, 3.63) is 70.8 Å². The normalized spacial score (nSPS) is 18.3. The summed E-state index contributed by atoms with van der Waals surface area (Å²) in [5.41, 5.74) is 2.78. The van der Waals surface area contributed by atoms with Crippen LogP contribution in [0, 0.1) is 13.8 Å². The van der Waals surface area contributed by atoms with Crippen LogP contribution in [-0.2, 0) is 11.3 Å². The summed E-state index contributed by atoms with van der Waals surface area (Å²) < 4.78 is 0. The van der Waals surface area contributed by atoms with Gasteiger partial charge >= 0.3 is 6.03 Å². The summed E-state index contributed by atoms with van der Waals surface area (Å²) in [6, 6.07) is 15.0. The Balaban J connectivity index is 1.44. The molecule has 0 radical (unpaired) electrons. The van der Waals surface area contributed by atoms with Gasteiger partial charge in [-0.3, -0.25) is 14.5 Å². The molecular weight excluding hydrogens is 366 g/mol. The topological polar surface area (TPSA) is 69.7 Å². The van der Waals surface area contributed by atoms with E-state index in [2.05, 4.69) is 5.32 Å². The molecule has 0 saturated carbocycles. The van der Waals surface area contributed by atoms with Crippen LogP contribution in [0.2, 0.25) is 0 Å². The first-order chi connectivity index (χ1) is 13.9. The van der Waals surface area contributed by atoms with E-state index in [9.17, 15) is 14.4 Å². The van der Waals surface area contributed by atoms with Gasteiger partial charge < -0.3 is 10.2 Å². The van der Waals surface area contributed by atoms with Crippen LogP contribution in [0.1, 0.15) is 39.9 Å². The minimum Gasteiger partial charge on any atom is -0.338 e. The highest BCUT2D eigenvalue weighted by Crippen LogP contribution is 2.31. The number of hydrogen-bond acceptors (Lipinski definition) is 3. The summed E-state index contributed by atoms with van der Waals surface area (Å²) in [5, 5.41) is 2.91. The molecule has 0 atom stereocenters. The fourth-order valence-corrected chi connectivity index (χ4v) is 4.11. The summed E-state index contributed by atoms with van der Waals surface area (Å²) in [7, 11) is 0. The van der Waals surface area contributed by atoms with E-state index in [1.165, 1.54) is 4.90 Å². The first-order valence-electron chi connectivity index (χ1n) is 9.94. The van der Waals surface area contributed by atoms with E-state index in [-0.39, 0.29) is 24.4 Å². The first-order valence-corrected chi connectivity index (χ1v) is 9.94. The number of carbonyl (C=O) groups is 3. The molecule has 0 aliphatic carbocycles. The second-order valence-corrected chi connectivity index (χ2v) is 8.00. The van der Waals surface area contributed by atoms with Gasteiger partial charge in [-0.15, -0.1) is 0 Å². The number of piperidine rings is 1. The highest BCUT2D eigenvalue weighted by molar-refractivity contribution is 6.07. The lowest BCUT2D eigenvalue weighted by molar-refractivity contribution is -0.133. The van der Waals surface area contributed by atoms with Gasteiger partial charge in [0.15, 0.2) is 0 Å². The van der Waals surface area contributed by atoms with Crippen molar-refractivity contribution in [2.24, 2.45) is 0 Å². The number of aryl methyl sites for hydroxylation is 2. The lowest BCUT2D eigenvalue weighted by Crippen LogP contribution is -2.55. The van der Waals surface area contributed by atoms with Crippen molar-refractivity contribution < 1.29 is 14.4 Å². The van der Waals surface area contributed by atoms with Crippen LogP contribution in [0.25, 0.3) is 0 Å². The fourth-order valence-electron chi connectivity index (χ4n) is 4.11. The molecular formula is C23H25N3O3. The SMILES string of the molecule is Cc1ccc(CN2C(=O)NC3(CCN(C(=O)c4ccccc4C)CC3)C2=O)cc1. The molecule has 2 saturated heterocycles. The maximum Gasteiger partial charge on any atom is 0.325 e. The van der Waals surface area contributed by atoms with Gasteiger partial charge in [0.05, 0.1) is 6.54 Å². The minimum atomic E-state index is -0.899. The summed E-state index contributed by atoms with van der Waals surface area (Å²) in [4.78, 5) is 41.5. The van der Waals surface area contributed by atoms with Crippen molar-refractivity contribution in [3.8, 4) is 0 Å². The van der Waals surface area contributed by atoms with Crippen molar-refractivity contribution in [3.63, 3.8) is 0 Å². The maximum absolute atomic E-state index is 13.1. The molecule has 2 aromatic carbocycles. The van der Waals surface area contributed by atoms with Crippen molar-refractivity contribution in [2.45, 2.75) is 38.8 Å². The van der Waals surface area contributed by atoms with Crippen molar-refractivity contribution in [1.29, 1.82) is 0 Å². The predicted octanol–water partition coefficient (Wildman–Crippen LogP) is 3.03. The van der Waals surface area contributed by atoms with E-state index >= 15 is 0 Å². The predicted molar refractivity (Wildman–Crippen MR) is 109 cm³/mol. The van der Waals surface area contributed by atoms with Crippen LogP contribution in [0.15, 0.2) is 48.5 Å². The van der Waals surface area contributed by atoms with Crippen LogP contribution in [0.5, 0.6) is 0 Å². The zero-order valence-corrected chi connectivity index (χ0v) is 16.8. The van der Waals surface area contributed by atoms with E-state index in [4.69, 9.17) is 0 Å². The summed E-state index contributed by atoms with van der Waals surface area (Å²) in [6.45, 7) is 5.06. The van der Waals surface area contributed by atoms with Crippen LogP contribution >= 0.6 is 0 Å². The number of benzene rings is 2. The molecule has 0 bridgehead atoms. The Bertz CT molecular complexity index is 960. The molecule has 2 heterocycles. The monoisotopic (exact) mass is 391 g/mol. The summed E-state index contributed by atoms with van der Waals surface area (Å²) in [6.07, 6.45) is 0.860. The molecule has 1 spiro atoms. The average molecular weight is 391 g/mol. The van der Waals surface area contributed by atoms with Gasteiger partial charge in [0.1, 0.15) is 5.54 Å². The van der Waals surface area contributed by atoms with Gasteiger partial charge in [0.2, 0.25) is 0 Å². The second kappa shape index (κ2) is 7.35. The molecule has 29 heavy (non-hydrogen) atoms. The lowest BCUT2D eigenvalue weighted by atomic mass is 9.87. The number of carbonyl (C=O) groups excluding carboxylic acids is 3. The molecule has 6 heteroatoms. The largest absolute Gasteiger partial charge is 0.338 e. The second-order valence-electron chi connectivity index (χ2n) is 8.00. The molecule has 4 amide bonds. The molecule has 0 aromatic heterocycles. The number of imide groups is 1. The van der Waals surface area contributed by atoms with E-state index in [0.29, 0.717) is 31.5 Å². The number of hydrogen-bond donors (Lipinski definition) is 1. The fraction of sp³-hybridized carbons (Fsp3) is 0.348. The third kappa shape index (κ3) is 3.50. The van der Waals surface area contributed by atoms with Crippen LogP contribution < -0.4 is 5.32 Å². The first kappa shape index (κ1) is 19.2. The number of urea groups is 1. The van der Waals surface area contributed by atoms with Gasteiger partial charge in [-0.2, -0.15) is 0 Å². The van der Waals surface area contributed by atoms with E-state index < -0.39 is 5.54 Å². The van der Waals surface area contributed by atoms with Gasteiger partial charge in [0, 0.05) is 18.7 Å². The quantitative estimate of drug-likeness (QED) is 0.818. The molecule has 6 nitrogen and oxygen atoms in total. The van der Waals surface area contributed by atoms with Gasteiger partial charge in [-0.25, -0.2) is 4.79 Å². The Labute approximate surface area is 170 Å². The average Bonchev–Trinajstić information content (AvgIpc) is 2.94. The van der Waals surface area contributed by atoms with E-state index in [1.54, 1.807) is 4.90 Å². The summed E-state index contributed by atoms with van der Waals surface area (Å²) >= 11 is 0. The molecule has 2 aliphatic rings. The molecule has 4 rings (SSSR count). The zero-order valence-electron chi connectivity index (χ0n) is 16.8. The summed E-state index contributed by atoms with van der Waals surface area (Å²) in [5.74, 6) is -0.211. The van der Waals surface area contributed by atoms with Crippen LogP contribution in [-0.4, -0.2) is 46.3 Å². The number of nitrogens with one attached hydrogen (secondary N) is 1. The molecule has 0 unspecified atom stereocenters. The molecule has 2 aliphatic heterocycles. The van der Waals surface area contributed by atoms with Gasteiger partial charge in [0.25, 0.3) is 11.8 Å². The third-order valence-corrected chi connectivity index (χ3v) is 5.99. The van der Waals surface area contributed by atoms with Crippen molar-refractivity contribution in [2.75, 3.05) is 13.1 Å². The standard InChI is InChI=1S/C23H25N3O3/c1-16-7-9-18(10-8-16)15-26-21(28)23(24-22(26)29)11-13-25(14-12-23)20(27)19-6-4-3-5-17(19)2/h3-10H,11-15H2,1-2H3,(H,24,29). The highest BCUT2D eigenvalue weighted by atomic mass is 16.2. The number of amides is 4. The number of rotatable bonds is 3. The van der Waals surface area contributed by atoms with Crippen molar-refractivity contribution in [1.82, 2.24) is 15.1 Å². The molecule has 1 N–H and O–H groups in total. The van der Waals surface area contributed by atoms with E-state index in [0.717, 1.165) is 16.7 Å². The van der Waals surface area contributed by atoms with Crippen LogP contribution in [0.3, 0.4) is 0 Å². The third-order valence-electron chi connectivity index (χ3n) is 5.99. The number of likely N-dealkylation sites (tertiary alicyclic amines) is 1. The number of nitrogens with zero attached hydrogens (tertiary/aromatic N) is 2. The Morgan fingerprint density at radius 3 is 2.31 bits per heavy atom. The Morgan fingerprint density at radius 1 is 1.00 bits per heavy atom. The minimum absolute atomic E-state index is 0.0220. The van der Waals surface area contributed by atoms with Crippen LogP contribution in [0.4, 0.5) is 4.79 Å². The Morgan fingerprint density at radius 2 is 1.66 bits per heavy atom. The van der Waals surface area contributed by atoms with Crippen molar-refractivity contribution >= 4 is 17.8 Å². The lowest BCUT2D eigenvalue weighted by Gasteiger charge is -2.37. The molecule has 150 valence electrons. The van der Waals surface area contributed by atoms with Gasteiger partial charge in [-0.1, -0.05) is 48.0 Å². The molecule has 2 fully saturated rings. The Kier molecular flexibility index (Phi) is 4.86. The smallest absolute Gasteiger partial charge is 0.325 e. The van der Waals surface area contributed by atoms with E-state index in [1.807, 2.05) is 62.4 Å². The highest BCUT2D eigenvalue weighted by Gasteiger charge is 2.52. The molecule has 2 aromatic rings. The Hall–Kier alpha value is -3.15.